The van der Waals surface area contributed by atoms with Gasteiger partial charge in [0, 0.05) is 28.9 Å². The van der Waals surface area contributed by atoms with E-state index in [2.05, 4.69) is 65.0 Å². The van der Waals surface area contributed by atoms with Gasteiger partial charge in [0.1, 0.15) is 5.75 Å². The van der Waals surface area contributed by atoms with E-state index in [9.17, 15) is 17.6 Å². The zero-order valence-electron chi connectivity index (χ0n) is 18.1. The summed E-state index contributed by atoms with van der Waals surface area (Å²) in [5.41, 5.74) is 0.0899. The minimum atomic E-state index is -4.79. The molecule has 0 unspecified atom stereocenters. The Bertz CT molecular complexity index is 914. The molecule has 1 aliphatic rings. The summed E-state index contributed by atoms with van der Waals surface area (Å²) in [6.45, 7) is 8.56. The number of halogens is 4. The molecule has 1 aromatic heterocycles. The molecule has 0 aliphatic carbocycles. The summed E-state index contributed by atoms with van der Waals surface area (Å²) in [6, 6.07) is 5.26. The first-order valence-electron chi connectivity index (χ1n) is 9.91. The molecule has 0 amide bonds. The van der Waals surface area contributed by atoms with Crippen molar-refractivity contribution in [1.29, 1.82) is 0 Å². The van der Waals surface area contributed by atoms with Gasteiger partial charge in [-0.05, 0) is 59.7 Å². The summed E-state index contributed by atoms with van der Waals surface area (Å²) in [4.78, 5) is 10.4. The molecule has 2 heterocycles. The third kappa shape index (κ3) is 5.75. The smallest absolute Gasteiger partial charge is 0.406 e. The first-order chi connectivity index (χ1) is 14.2. The van der Waals surface area contributed by atoms with E-state index in [1.807, 2.05) is 0 Å². The number of ether oxygens (including phenoxy) is 1. The van der Waals surface area contributed by atoms with Crippen LogP contribution in [-0.4, -0.2) is 45.4 Å². The SMILES string of the molecule is CN1C(C)(C)CC(Nc2nc(Nc3cccc(OC(F)(F)F)c3)ncc2F)CC1(C)C. The summed E-state index contributed by atoms with van der Waals surface area (Å²) in [7, 11) is 2.08. The number of nitrogens with zero attached hydrogens (tertiary/aromatic N) is 3. The van der Waals surface area contributed by atoms with Crippen LogP contribution in [0.3, 0.4) is 0 Å². The third-order valence-electron chi connectivity index (χ3n) is 5.72. The molecule has 3 rings (SSSR count). The van der Waals surface area contributed by atoms with E-state index < -0.39 is 12.2 Å². The van der Waals surface area contributed by atoms with Crippen molar-refractivity contribution in [2.24, 2.45) is 0 Å². The average Bonchev–Trinajstić information content (AvgIpc) is 2.61. The van der Waals surface area contributed by atoms with Gasteiger partial charge in [-0.15, -0.1) is 13.2 Å². The Morgan fingerprint density at radius 2 is 1.77 bits per heavy atom. The summed E-state index contributed by atoms with van der Waals surface area (Å²) < 4.78 is 55.6. The minimum absolute atomic E-state index is 0.0121. The molecule has 1 fully saturated rings. The van der Waals surface area contributed by atoms with Gasteiger partial charge in [-0.2, -0.15) is 4.98 Å². The molecule has 0 radical (unpaired) electrons. The Kier molecular flexibility index (Phi) is 6.05. The largest absolute Gasteiger partial charge is 0.573 e. The van der Waals surface area contributed by atoms with Crippen molar-refractivity contribution in [1.82, 2.24) is 14.9 Å². The normalized spacial score (nSPS) is 19.1. The lowest BCUT2D eigenvalue weighted by Gasteiger charge is -2.53. The third-order valence-corrected chi connectivity index (χ3v) is 5.72. The van der Waals surface area contributed by atoms with E-state index >= 15 is 0 Å². The predicted molar refractivity (Wildman–Crippen MR) is 111 cm³/mol. The van der Waals surface area contributed by atoms with Crippen molar-refractivity contribution in [2.75, 3.05) is 17.7 Å². The summed E-state index contributed by atoms with van der Waals surface area (Å²) in [6.07, 6.45) is -2.19. The van der Waals surface area contributed by atoms with Crippen LogP contribution in [-0.2, 0) is 0 Å². The highest BCUT2D eigenvalue weighted by Gasteiger charge is 2.43. The topological polar surface area (TPSA) is 62.3 Å². The fraction of sp³-hybridized carbons (Fsp3) is 0.524. The van der Waals surface area contributed by atoms with Crippen molar-refractivity contribution >= 4 is 17.5 Å². The van der Waals surface area contributed by atoms with E-state index in [-0.39, 0.29) is 40.3 Å². The second-order valence-electron chi connectivity index (χ2n) is 9.02. The number of hydrogen-bond donors (Lipinski definition) is 2. The second-order valence-corrected chi connectivity index (χ2v) is 9.02. The molecule has 2 aromatic rings. The molecule has 0 spiro atoms. The quantitative estimate of drug-likeness (QED) is 0.613. The van der Waals surface area contributed by atoms with Gasteiger partial charge in [0.2, 0.25) is 5.95 Å². The summed E-state index contributed by atoms with van der Waals surface area (Å²) in [5.74, 6) is -0.885. The van der Waals surface area contributed by atoms with Crippen molar-refractivity contribution in [3.8, 4) is 5.75 Å². The van der Waals surface area contributed by atoms with Crippen LogP contribution in [0.5, 0.6) is 5.75 Å². The Hall–Kier alpha value is -2.62. The van der Waals surface area contributed by atoms with Crippen molar-refractivity contribution in [3.05, 3.63) is 36.3 Å². The molecule has 31 heavy (non-hydrogen) atoms. The average molecular weight is 441 g/mol. The highest BCUT2D eigenvalue weighted by molar-refractivity contribution is 5.57. The molecule has 1 aliphatic heterocycles. The van der Waals surface area contributed by atoms with Gasteiger partial charge in [-0.1, -0.05) is 6.07 Å². The molecule has 10 heteroatoms. The maximum atomic E-state index is 14.4. The van der Waals surface area contributed by atoms with Crippen LogP contribution < -0.4 is 15.4 Å². The monoisotopic (exact) mass is 441 g/mol. The van der Waals surface area contributed by atoms with E-state index in [1.165, 1.54) is 18.2 Å². The van der Waals surface area contributed by atoms with Gasteiger partial charge in [0.05, 0.1) is 6.20 Å². The lowest BCUT2D eigenvalue weighted by atomic mass is 9.77. The van der Waals surface area contributed by atoms with Gasteiger partial charge in [0.25, 0.3) is 0 Å². The number of alkyl halides is 3. The van der Waals surface area contributed by atoms with Gasteiger partial charge in [0.15, 0.2) is 11.6 Å². The van der Waals surface area contributed by atoms with Crippen LogP contribution in [0.2, 0.25) is 0 Å². The Morgan fingerprint density at radius 3 is 2.39 bits per heavy atom. The van der Waals surface area contributed by atoms with Crippen LogP contribution in [0, 0.1) is 5.82 Å². The number of likely N-dealkylation sites (tertiary alicyclic amines) is 1. The van der Waals surface area contributed by atoms with E-state index in [0.29, 0.717) is 0 Å². The minimum Gasteiger partial charge on any atom is -0.406 e. The molecule has 0 bridgehead atoms. The van der Waals surface area contributed by atoms with Crippen LogP contribution in [0.15, 0.2) is 30.5 Å². The van der Waals surface area contributed by atoms with E-state index in [4.69, 9.17) is 0 Å². The Labute approximate surface area is 179 Å². The van der Waals surface area contributed by atoms with Crippen LogP contribution in [0.1, 0.15) is 40.5 Å². The maximum Gasteiger partial charge on any atom is 0.573 e. The molecule has 1 aromatic carbocycles. The van der Waals surface area contributed by atoms with Gasteiger partial charge in [-0.3, -0.25) is 4.90 Å². The maximum absolute atomic E-state index is 14.4. The molecular weight excluding hydrogens is 414 g/mol. The van der Waals surface area contributed by atoms with Crippen LogP contribution >= 0.6 is 0 Å². The molecular formula is C21H27F4N5O. The molecule has 0 atom stereocenters. The van der Waals surface area contributed by atoms with Gasteiger partial charge in [-0.25, -0.2) is 9.37 Å². The lowest BCUT2D eigenvalue weighted by molar-refractivity contribution is -0.274. The fourth-order valence-electron chi connectivity index (χ4n) is 4.10. The Balaban J connectivity index is 1.76. The number of hydrogen-bond acceptors (Lipinski definition) is 6. The number of nitrogens with one attached hydrogen (secondary N) is 2. The van der Waals surface area contributed by atoms with Crippen molar-refractivity contribution in [2.45, 2.75) is 64.0 Å². The second kappa shape index (κ2) is 8.14. The highest BCUT2D eigenvalue weighted by Crippen LogP contribution is 2.38. The molecule has 2 N–H and O–H groups in total. The van der Waals surface area contributed by atoms with E-state index in [0.717, 1.165) is 25.1 Å². The summed E-state index contributed by atoms with van der Waals surface area (Å²) in [5, 5.41) is 5.97. The fourth-order valence-corrected chi connectivity index (χ4v) is 4.10. The van der Waals surface area contributed by atoms with Crippen molar-refractivity contribution in [3.63, 3.8) is 0 Å². The van der Waals surface area contributed by atoms with Crippen LogP contribution in [0.4, 0.5) is 35.0 Å². The zero-order chi connectivity index (χ0) is 23.0. The highest BCUT2D eigenvalue weighted by atomic mass is 19.4. The van der Waals surface area contributed by atoms with Gasteiger partial charge >= 0.3 is 6.36 Å². The zero-order valence-corrected chi connectivity index (χ0v) is 18.1. The standard InChI is InChI=1S/C21H27F4N5O/c1-19(2)10-14(11-20(3,4)30(19)5)27-17-16(22)12-26-18(29-17)28-13-7-6-8-15(9-13)31-21(23,24)25/h6-9,12,14H,10-11H2,1-5H3,(H2,26,27,28,29). The first kappa shape index (κ1) is 23.1. The molecule has 170 valence electrons. The number of benzene rings is 1. The summed E-state index contributed by atoms with van der Waals surface area (Å²) >= 11 is 0. The first-order valence-corrected chi connectivity index (χ1v) is 9.91. The van der Waals surface area contributed by atoms with Gasteiger partial charge < -0.3 is 15.4 Å². The predicted octanol–water partition coefficient (Wildman–Crippen LogP) is 5.32. The number of aromatic nitrogens is 2. The molecule has 0 saturated carbocycles. The number of piperidine rings is 1. The molecule has 6 nitrogen and oxygen atoms in total. The number of anilines is 3. The van der Waals surface area contributed by atoms with Crippen LogP contribution in [0.25, 0.3) is 0 Å². The number of rotatable bonds is 5. The van der Waals surface area contributed by atoms with Crippen molar-refractivity contribution < 1.29 is 22.3 Å². The van der Waals surface area contributed by atoms with E-state index in [1.54, 1.807) is 0 Å². The Morgan fingerprint density at radius 1 is 1.13 bits per heavy atom. The molecule has 1 saturated heterocycles. The lowest BCUT2D eigenvalue weighted by Crippen LogP contribution is -2.61.